The van der Waals surface area contributed by atoms with E-state index < -0.39 is 0 Å². The molecule has 138 valence electrons. The second kappa shape index (κ2) is 8.80. The van der Waals surface area contributed by atoms with Crippen LogP contribution < -0.4 is 10.6 Å². The van der Waals surface area contributed by atoms with Crippen LogP contribution in [-0.4, -0.2) is 34.9 Å². The number of nitrogens with zero attached hydrogens (tertiary/aromatic N) is 2. The molecule has 1 saturated heterocycles. The molecule has 2 aromatic rings. The monoisotopic (exact) mass is 372 g/mol. The highest BCUT2D eigenvalue weighted by Crippen LogP contribution is 2.16. The molecule has 0 unspecified atom stereocenters. The first-order valence-electron chi connectivity index (χ1n) is 8.97. The van der Waals surface area contributed by atoms with Gasteiger partial charge in [0.15, 0.2) is 0 Å². The van der Waals surface area contributed by atoms with Crippen LogP contribution in [0.15, 0.2) is 29.6 Å². The number of likely N-dealkylation sites (tertiary alicyclic amines) is 1. The third-order valence-corrected chi connectivity index (χ3v) is 5.18. The third-order valence-electron chi connectivity index (χ3n) is 4.36. The van der Waals surface area contributed by atoms with Gasteiger partial charge >= 0.3 is 6.03 Å². The fourth-order valence-corrected chi connectivity index (χ4v) is 3.63. The maximum absolute atomic E-state index is 12.7. The molecule has 3 amide bonds. The number of urea groups is 1. The predicted molar refractivity (Wildman–Crippen MR) is 104 cm³/mol. The highest BCUT2D eigenvalue weighted by Gasteiger charge is 2.17. The Labute approximate surface area is 157 Å². The number of rotatable bonds is 4. The molecule has 0 saturated carbocycles. The van der Waals surface area contributed by atoms with E-state index in [0.717, 1.165) is 36.6 Å². The zero-order chi connectivity index (χ0) is 18.4. The summed E-state index contributed by atoms with van der Waals surface area (Å²) >= 11 is 1.56. The van der Waals surface area contributed by atoms with E-state index in [-0.39, 0.29) is 11.9 Å². The van der Waals surface area contributed by atoms with Crippen molar-refractivity contribution in [1.82, 2.24) is 15.2 Å². The van der Waals surface area contributed by atoms with Crippen LogP contribution in [0, 0.1) is 6.92 Å². The Morgan fingerprint density at radius 3 is 2.65 bits per heavy atom. The number of aromatic nitrogens is 1. The Hall–Kier alpha value is -2.41. The molecule has 0 atom stereocenters. The van der Waals surface area contributed by atoms with E-state index in [2.05, 4.69) is 15.6 Å². The second-order valence-corrected chi connectivity index (χ2v) is 7.51. The van der Waals surface area contributed by atoms with Crippen molar-refractivity contribution in [2.45, 2.75) is 39.2 Å². The molecule has 1 aliphatic heterocycles. The molecule has 1 aromatic heterocycles. The number of carbonyl (C=O) groups is 2. The van der Waals surface area contributed by atoms with Gasteiger partial charge < -0.3 is 15.5 Å². The molecule has 0 spiro atoms. The van der Waals surface area contributed by atoms with Crippen molar-refractivity contribution in [3.63, 3.8) is 0 Å². The number of thiazole rings is 1. The zero-order valence-electron chi connectivity index (χ0n) is 15.0. The number of amides is 3. The Morgan fingerprint density at radius 2 is 1.96 bits per heavy atom. The second-order valence-electron chi connectivity index (χ2n) is 6.45. The van der Waals surface area contributed by atoms with E-state index in [0.29, 0.717) is 17.8 Å². The van der Waals surface area contributed by atoms with Gasteiger partial charge in [0, 0.05) is 29.7 Å². The maximum Gasteiger partial charge on any atom is 0.319 e. The molecular weight excluding hydrogens is 348 g/mol. The van der Waals surface area contributed by atoms with Gasteiger partial charge in [-0.1, -0.05) is 18.9 Å². The minimum atomic E-state index is -0.310. The first-order valence-corrected chi connectivity index (χ1v) is 9.85. The summed E-state index contributed by atoms with van der Waals surface area (Å²) in [5.41, 5.74) is 2.06. The van der Waals surface area contributed by atoms with Crippen molar-refractivity contribution in [3.05, 3.63) is 45.9 Å². The SMILES string of the molecule is Cc1nc(CNC(=O)Nc2cccc(C(=O)N3CCCCCC3)c2)cs1. The predicted octanol–water partition coefficient (Wildman–Crippen LogP) is 3.79. The van der Waals surface area contributed by atoms with Gasteiger partial charge in [0.2, 0.25) is 0 Å². The molecule has 1 fully saturated rings. The number of carbonyl (C=O) groups excluding carboxylic acids is 2. The van der Waals surface area contributed by atoms with E-state index in [9.17, 15) is 9.59 Å². The third kappa shape index (κ3) is 5.05. The first-order chi connectivity index (χ1) is 12.6. The van der Waals surface area contributed by atoms with Crippen molar-refractivity contribution < 1.29 is 9.59 Å². The lowest BCUT2D eigenvalue weighted by Gasteiger charge is -2.20. The van der Waals surface area contributed by atoms with Gasteiger partial charge in [0.25, 0.3) is 5.91 Å². The lowest BCUT2D eigenvalue weighted by Crippen LogP contribution is -2.32. The minimum absolute atomic E-state index is 0.0360. The van der Waals surface area contributed by atoms with Crippen molar-refractivity contribution in [2.24, 2.45) is 0 Å². The number of aryl methyl sites for hydroxylation is 1. The highest BCUT2D eigenvalue weighted by atomic mass is 32.1. The highest BCUT2D eigenvalue weighted by molar-refractivity contribution is 7.09. The maximum atomic E-state index is 12.7. The van der Waals surface area contributed by atoms with Gasteiger partial charge in [-0.3, -0.25) is 4.79 Å². The first kappa shape index (κ1) is 18.4. The summed E-state index contributed by atoms with van der Waals surface area (Å²) in [6.07, 6.45) is 4.48. The fraction of sp³-hybridized carbons (Fsp3) is 0.421. The lowest BCUT2D eigenvalue weighted by molar-refractivity contribution is 0.0761. The van der Waals surface area contributed by atoms with E-state index in [1.54, 1.807) is 35.6 Å². The Balaban J connectivity index is 1.57. The number of nitrogens with one attached hydrogen (secondary N) is 2. The van der Waals surface area contributed by atoms with Crippen molar-refractivity contribution in [1.29, 1.82) is 0 Å². The topological polar surface area (TPSA) is 74.3 Å². The van der Waals surface area contributed by atoms with Gasteiger partial charge in [-0.15, -0.1) is 11.3 Å². The largest absolute Gasteiger partial charge is 0.339 e. The number of hydrogen-bond acceptors (Lipinski definition) is 4. The molecule has 0 radical (unpaired) electrons. The van der Waals surface area contributed by atoms with Crippen LogP contribution in [-0.2, 0) is 6.54 Å². The van der Waals surface area contributed by atoms with Gasteiger partial charge in [0.1, 0.15) is 0 Å². The average molecular weight is 372 g/mol. The number of anilines is 1. The van der Waals surface area contributed by atoms with Crippen molar-refractivity contribution >= 4 is 29.0 Å². The molecule has 2 N–H and O–H groups in total. The van der Waals surface area contributed by atoms with Crippen LogP contribution in [0.1, 0.15) is 46.7 Å². The molecule has 1 aliphatic rings. The van der Waals surface area contributed by atoms with Crippen LogP contribution in [0.5, 0.6) is 0 Å². The van der Waals surface area contributed by atoms with Crippen LogP contribution in [0.3, 0.4) is 0 Å². The summed E-state index contributed by atoms with van der Waals surface area (Å²) in [6.45, 7) is 3.93. The molecule has 0 bridgehead atoms. The van der Waals surface area contributed by atoms with Crippen LogP contribution in [0.25, 0.3) is 0 Å². The van der Waals surface area contributed by atoms with Gasteiger partial charge in [0.05, 0.1) is 17.2 Å². The summed E-state index contributed by atoms with van der Waals surface area (Å²) in [7, 11) is 0. The minimum Gasteiger partial charge on any atom is -0.339 e. The molecule has 6 nitrogen and oxygen atoms in total. The quantitative estimate of drug-likeness (QED) is 0.857. The fourth-order valence-electron chi connectivity index (χ4n) is 3.02. The van der Waals surface area contributed by atoms with Gasteiger partial charge in [-0.05, 0) is 38.0 Å². The average Bonchev–Trinajstić information content (AvgIpc) is 2.88. The summed E-state index contributed by atoms with van der Waals surface area (Å²) < 4.78 is 0. The summed E-state index contributed by atoms with van der Waals surface area (Å²) in [5.74, 6) is 0.0360. The molecule has 7 heteroatoms. The van der Waals surface area contributed by atoms with E-state index in [1.165, 1.54) is 12.8 Å². The Kier molecular flexibility index (Phi) is 6.22. The Morgan fingerprint density at radius 1 is 1.19 bits per heavy atom. The van der Waals surface area contributed by atoms with Crippen molar-refractivity contribution in [3.8, 4) is 0 Å². The summed E-state index contributed by atoms with van der Waals surface area (Å²) in [4.78, 5) is 31.0. The molecule has 3 rings (SSSR count). The molecule has 1 aromatic carbocycles. The summed E-state index contributed by atoms with van der Waals surface area (Å²) in [5, 5.41) is 8.46. The number of hydrogen-bond donors (Lipinski definition) is 2. The molecule has 26 heavy (non-hydrogen) atoms. The molecule has 0 aliphatic carbocycles. The standard InChI is InChI=1S/C19H24N4O2S/c1-14-21-17(13-26-14)12-20-19(25)22-16-8-6-7-15(11-16)18(24)23-9-4-2-3-5-10-23/h6-8,11,13H,2-5,9-10,12H2,1H3,(H2,20,22,25). The lowest BCUT2D eigenvalue weighted by atomic mass is 10.1. The van der Waals surface area contributed by atoms with Gasteiger partial charge in [-0.2, -0.15) is 0 Å². The normalized spacial score (nSPS) is 14.6. The Bertz CT molecular complexity index is 766. The van der Waals surface area contributed by atoms with E-state index in [1.807, 2.05) is 17.2 Å². The van der Waals surface area contributed by atoms with Gasteiger partial charge in [-0.25, -0.2) is 9.78 Å². The van der Waals surface area contributed by atoms with Crippen LogP contribution >= 0.6 is 11.3 Å². The van der Waals surface area contributed by atoms with Crippen LogP contribution in [0.4, 0.5) is 10.5 Å². The van der Waals surface area contributed by atoms with Crippen LogP contribution in [0.2, 0.25) is 0 Å². The van der Waals surface area contributed by atoms with E-state index in [4.69, 9.17) is 0 Å². The van der Waals surface area contributed by atoms with Crippen molar-refractivity contribution in [2.75, 3.05) is 18.4 Å². The smallest absolute Gasteiger partial charge is 0.319 e. The zero-order valence-corrected chi connectivity index (χ0v) is 15.8. The molecule has 2 heterocycles. The number of benzene rings is 1. The van der Waals surface area contributed by atoms with E-state index >= 15 is 0 Å². The summed E-state index contributed by atoms with van der Waals surface area (Å²) in [6, 6.07) is 6.81. The molecular formula is C19H24N4O2S.